The fourth-order valence-electron chi connectivity index (χ4n) is 4.19. The minimum absolute atomic E-state index is 0.100. The number of nitrogens with zero attached hydrogens (tertiary/aromatic N) is 4. The number of hydrogen-bond acceptors (Lipinski definition) is 6. The van der Waals surface area contributed by atoms with Crippen molar-refractivity contribution in [3.63, 3.8) is 0 Å². The van der Waals surface area contributed by atoms with E-state index in [-0.39, 0.29) is 5.78 Å². The summed E-state index contributed by atoms with van der Waals surface area (Å²) in [5.41, 5.74) is 5.25. The fourth-order valence-corrected chi connectivity index (χ4v) is 4.60. The van der Waals surface area contributed by atoms with Gasteiger partial charge in [-0.05, 0) is 48.0 Å². The third-order valence-electron chi connectivity index (χ3n) is 5.88. The number of benzene rings is 2. The van der Waals surface area contributed by atoms with Gasteiger partial charge in [-0.25, -0.2) is 9.97 Å². The predicted octanol–water partition coefficient (Wildman–Crippen LogP) is 5.90. The second-order valence-electron chi connectivity index (χ2n) is 8.47. The first-order valence-electron chi connectivity index (χ1n) is 11.4. The Bertz CT molecular complexity index is 1550. The Balaban J connectivity index is 1.43. The van der Waals surface area contributed by atoms with Crippen LogP contribution < -0.4 is 10.1 Å². The molecule has 0 saturated heterocycles. The number of hydrogen-bond donors (Lipinski definition) is 1. The number of Topliss-reactive ketones (excluding diaryl/α,β-unsaturated/α-hetero) is 1. The van der Waals surface area contributed by atoms with Crippen LogP contribution in [0, 0.1) is 0 Å². The lowest BCUT2D eigenvalue weighted by Gasteiger charge is -2.11. The largest absolute Gasteiger partial charge is 0.496 e. The molecule has 3 heterocycles. The van der Waals surface area contributed by atoms with Crippen LogP contribution in [0.1, 0.15) is 11.1 Å². The third-order valence-corrected chi connectivity index (χ3v) is 6.37. The Kier molecular flexibility index (Phi) is 6.77. The van der Waals surface area contributed by atoms with Gasteiger partial charge in [0.25, 0.3) is 0 Å². The number of carbonyl (C=O) groups excluding carboxylic acids is 1. The molecule has 0 amide bonds. The van der Waals surface area contributed by atoms with Gasteiger partial charge in [-0.15, -0.1) is 0 Å². The Labute approximate surface area is 217 Å². The lowest BCUT2D eigenvalue weighted by Crippen LogP contribution is -2.08. The molecule has 0 aliphatic rings. The summed E-state index contributed by atoms with van der Waals surface area (Å²) >= 11 is 3.47. The molecule has 1 N–H and O–H groups in total. The van der Waals surface area contributed by atoms with E-state index >= 15 is 0 Å². The Morgan fingerprint density at radius 1 is 1.03 bits per heavy atom. The number of ketones is 1. The second kappa shape index (κ2) is 10.3. The highest BCUT2D eigenvalue weighted by Crippen LogP contribution is 2.28. The normalized spacial score (nSPS) is 11.0. The maximum absolute atomic E-state index is 12.9. The van der Waals surface area contributed by atoms with Crippen LogP contribution in [-0.4, -0.2) is 32.4 Å². The summed E-state index contributed by atoms with van der Waals surface area (Å²) in [6.45, 7) is 0. The fraction of sp³-hybridized carbons (Fsp3) is 0.143. The average molecular weight is 542 g/mol. The number of fused-ring (bicyclic) bond motifs is 1. The highest BCUT2D eigenvalue weighted by molar-refractivity contribution is 9.10. The van der Waals surface area contributed by atoms with Gasteiger partial charge >= 0.3 is 0 Å². The van der Waals surface area contributed by atoms with Gasteiger partial charge in [-0.3, -0.25) is 9.78 Å². The molecule has 7 nitrogen and oxygen atoms in total. The van der Waals surface area contributed by atoms with Crippen LogP contribution in [-0.2, 0) is 24.7 Å². The van der Waals surface area contributed by atoms with E-state index in [1.165, 1.54) is 0 Å². The molecule has 0 unspecified atom stereocenters. The SMILES string of the molecule is COc1ccc(Br)cc1CC(=O)Cc1cccc(-c2nc(Nc3ccncc3)c3c(ccn3C)n2)c1. The number of ether oxygens (including phenoxy) is 1. The van der Waals surface area contributed by atoms with Crippen LogP contribution in [0.25, 0.3) is 22.4 Å². The average Bonchev–Trinajstić information content (AvgIpc) is 3.26. The molecular formula is C28H24BrN5O2. The molecule has 0 atom stereocenters. The van der Waals surface area contributed by atoms with Crippen molar-refractivity contribution in [3.8, 4) is 17.1 Å². The van der Waals surface area contributed by atoms with Crippen LogP contribution in [0.15, 0.2) is 83.7 Å². The molecule has 5 rings (SSSR count). The van der Waals surface area contributed by atoms with Crippen molar-refractivity contribution in [2.24, 2.45) is 7.05 Å². The maximum Gasteiger partial charge on any atom is 0.162 e. The minimum Gasteiger partial charge on any atom is -0.496 e. The second-order valence-corrected chi connectivity index (χ2v) is 9.38. The molecular weight excluding hydrogens is 518 g/mol. The lowest BCUT2D eigenvalue weighted by atomic mass is 10.0. The number of rotatable bonds is 8. The van der Waals surface area contributed by atoms with E-state index in [9.17, 15) is 4.79 Å². The van der Waals surface area contributed by atoms with Crippen molar-refractivity contribution in [2.75, 3.05) is 12.4 Å². The van der Waals surface area contributed by atoms with Gasteiger partial charge in [0.05, 0.1) is 12.6 Å². The van der Waals surface area contributed by atoms with E-state index in [2.05, 4.69) is 26.2 Å². The quantitative estimate of drug-likeness (QED) is 0.263. The number of methoxy groups -OCH3 is 1. The van der Waals surface area contributed by atoms with Crippen molar-refractivity contribution in [2.45, 2.75) is 12.8 Å². The van der Waals surface area contributed by atoms with E-state index in [4.69, 9.17) is 14.7 Å². The Hall–Kier alpha value is -4.04. The van der Waals surface area contributed by atoms with Crippen LogP contribution in [0.2, 0.25) is 0 Å². The molecule has 0 bridgehead atoms. The number of aryl methyl sites for hydroxylation is 1. The van der Waals surface area contributed by atoms with Crippen molar-refractivity contribution >= 4 is 44.3 Å². The van der Waals surface area contributed by atoms with E-state index < -0.39 is 0 Å². The number of aromatic nitrogens is 4. The Morgan fingerprint density at radius 2 is 1.86 bits per heavy atom. The summed E-state index contributed by atoms with van der Waals surface area (Å²) in [5.74, 6) is 2.10. The molecule has 36 heavy (non-hydrogen) atoms. The molecule has 180 valence electrons. The predicted molar refractivity (Wildman–Crippen MR) is 145 cm³/mol. The summed E-state index contributed by atoms with van der Waals surface area (Å²) in [4.78, 5) is 26.7. The molecule has 0 fully saturated rings. The summed E-state index contributed by atoms with van der Waals surface area (Å²) in [5, 5.41) is 3.39. The number of halogens is 1. The van der Waals surface area contributed by atoms with Gasteiger partial charge < -0.3 is 14.6 Å². The van der Waals surface area contributed by atoms with Crippen LogP contribution in [0.3, 0.4) is 0 Å². The first kappa shape index (κ1) is 23.7. The van der Waals surface area contributed by atoms with Crippen molar-refractivity contribution in [1.29, 1.82) is 0 Å². The molecule has 0 aliphatic heterocycles. The van der Waals surface area contributed by atoms with Gasteiger partial charge in [0.2, 0.25) is 0 Å². The molecule has 0 aliphatic carbocycles. The standard InChI is InChI=1S/C28H24BrN5O2/c1-34-13-10-24-26(34)28(31-22-8-11-30-12-9-22)33-27(32-24)19-5-3-4-18(14-19)15-23(35)17-20-16-21(29)6-7-25(20)36-2/h3-14,16H,15,17H2,1-2H3,(H,30,31,32,33). The molecule has 0 spiro atoms. The van der Waals surface area contributed by atoms with Gasteiger partial charge in [0.1, 0.15) is 17.0 Å². The van der Waals surface area contributed by atoms with Crippen LogP contribution in [0.5, 0.6) is 5.75 Å². The zero-order valence-corrected chi connectivity index (χ0v) is 21.5. The van der Waals surface area contributed by atoms with Crippen LogP contribution in [0.4, 0.5) is 11.5 Å². The highest BCUT2D eigenvalue weighted by Gasteiger charge is 2.15. The highest BCUT2D eigenvalue weighted by atomic mass is 79.9. The van der Waals surface area contributed by atoms with E-state index in [1.807, 2.05) is 78.5 Å². The zero-order chi connectivity index (χ0) is 25.1. The van der Waals surface area contributed by atoms with E-state index in [0.29, 0.717) is 30.2 Å². The topological polar surface area (TPSA) is 81.9 Å². The van der Waals surface area contributed by atoms with Crippen molar-refractivity contribution < 1.29 is 9.53 Å². The molecule has 0 saturated carbocycles. The first-order chi connectivity index (χ1) is 17.5. The van der Waals surface area contributed by atoms with Crippen LogP contribution >= 0.6 is 15.9 Å². The van der Waals surface area contributed by atoms with Gasteiger partial charge in [-0.2, -0.15) is 0 Å². The minimum atomic E-state index is 0.100. The van der Waals surface area contributed by atoms with Gasteiger partial charge in [0.15, 0.2) is 11.6 Å². The smallest absolute Gasteiger partial charge is 0.162 e. The van der Waals surface area contributed by atoms with Crippen molar-refractivity contribution in [1.82, 2.24) is 19.5 Å². The number of anilines is 2. The third kappa shape index (κ3) is 5.13. The first-order valence-corrected chi connectivity index (χ1v) is 12.2. The zero-order valence-electron chi connectivity index (χ0n) is 19.9. The van der Waals surface area contributed by atoms with Gasteiger partial charge in [0, 0.05) is 59.8 Å². The van der Waals surface area contributed by atoms with E-state index in [1.54, 1.807) is 19.5 Å². The number of nitrogens with one attached hydrogen (secondary N) is 1. The van der Waals surface area contributed by atoms with Crippen molar-refractivity contribution in [3.05, 3.63) is 94.9 Å². The molecule has 0 radical (unpaired) electrons. The maximum atomic E-state index is 12.9. The summed E-state index contributed by atoms with van der Waals surface area (Å²) in [6, 6.07) is 19.3. The summed E-state index contributed by atoms with van der Waals surface area (Å²) < 4.78 is 8.33. The summed E-state index contributed by atoms with van der Waals surface area (Å²) in [7, 11) is 3.58. The molecule has 5 aromatic rings. The Morgan fingerprint density at radius 3 is 2.67 bits per heavy atom. The summed E-state index contributed by atoms with van der Waals surface area (Å²) in [6.07, 6.45) is 6.03. The number of carbonyl (C=O) groups is 1. The monoisotopic (exact) mass is 541 g/mol. The molecule has 8 heteroatoms. The molecule has 3 aromatic heterocycles. The van der Waals surface area contributed by atoms with Gasteiger partial charge in [-0.1, -0.05) is 34.1 Å². The number of pyridine rings is 1. The lowest BCUT2D eigenvalue weighted by molar-refractivity contribution is -0.117. The molecule has 2 aromatic carbocycles. The van der Waals surface area contributed by atoms with E-state index in [0.717, 1.165) is 37.9 Å².